The van der Waals surface area contributed by atoms with Gasteiger partial charge in [-0.25, -0.2) is 4.68 Å². The molecule has 0 radical (unpaired) electrons. The monoisotopic (exact) mass is 429 g/mol. The van der Waals surface area contributed by atoms with E-state index < -0.39 is 0 Å². The lowest BCUT2D eigenvalue weighted by atomic mass is 10.0. The molecule has 2 aromatic rings. The molecule has 1 aliphatic carbocycles. The molecule has 0 bridgehead atoms. The normalized spacial score (nSPS) is 21.7. The lowest BCUT2D eigenvalue weighted by Crippen LogP contribution is -2.32. The summed E-state index contributed by atoms with van der Waals surface area (Å²) < 4.78 is 13.5. The van der Waals surface area contributed by atoms with Crippen LogP contribution in [0.5, 0.6) is 11.5 Å². The summed E-state index contributed by atoms with van der Waals surface area (Å²) in [5.74, 6) is 2.07. The van der Waals surface area contributed by atoms with E-state index in [0.29, 0.717) is 25.0 Å². The van der Waals surface area contributed by atoms with Crippen LogP contribution < -0.4 is 9.47 Å². The van der Waals surface area contributed by atoms with Crippen LogP contribution in [-0.4, -0.2) is 56.5 Å². The van der Waals surface area contributed by atoms with Gasteiger partial charge in [0, 0.05) is 13.0 Å². The Bertz CT molecular complexity index is 899. The standard InChI is InChI=1S/C21H27N5O3S/c27-20(14-30-21-22-23-24-26(21)16-5-1-2-6-16)25-10-3-7-17(25)15-8-9-18-19(13-15)29-12-4-11-28-18/h8-9,13,16-17H,1-7,10-12,14H2. The molecule has 2 aliphatic heterocycles. The van der Waals surface area contributed by atoms with Crippen LogP contribution in [0.1, 0.15) is 62.6 Å². The fraction of sp³-hybridized carbons (Fsp3) is 0.619. The molecule has 1 aromatic heterocycles. The summed E-state index contributed by atoms with van der Waals surface area (Å²) in [6.07, 6.45) is 7.54. The summed E-state index contributed by atoms with van der Waals surface area (Å²) in [7, 11) is 0. The van der Waals surface area contributed by atoms with Gasteiger partial charge >= 0.3 is 0 Å². The van der Waals surface area contributed by atoms with Gasteiger partial charge in [0.1, 0.15) is 0 Å². The third-order valence-electron chi connectivity index (χ3n) is 6.19. The van der Waals surface area contributed by atoms with Gasteiger partial charge in [-0.1, -0.05) is 30.7 Å². The molecule has 30 heavy (non-hydrogen) atoms. The number of rotatable bonds is 5. The zero-order chi connectivity index (χ0) is 20.3. The van der Waals surface area contributed by atoms with Gasteiger partial charge < -0.3 is 14.4 Å². The minimum Gasteiger partial charge on any atom is -0.490 e. The highest BCUT2D eigenvalue weighted by Crippen LogP contribution is 2.38. The Morgan fingerprint density at radius 1 is 1.07 bits per heavy atom. The number of carbonyl (C=O) groups is 1. The zero-order valence-corrected chi connectivity index (χ0v) is 17.9. The SMILES string of the molecule is O=C(CSc1nnnn1C1CCCC1)N1CCCC1c1ccc2c(c1)OCCCO2. The average molecular weight is 430 g/mol. The molecule has 1 amide bonds. The van der Waals surface area contributed by atoms with E-state index in [1.54, 1.807) is 0 Å². The number of tetrazole rings is 1. The van der Waals surface area contributed by atoms with E-state index >= 15 is 0 Å². The zero-order valence-electron chi connectivity index (χ0n) is 17.0. The van der Waals surface area contributed by atoms with E-state index in [1.807, 2.05) is 21.7 Å². The molecule has 3 heterocycles. The number of thioether (sulfide) groups is 1. The summed E-state index contributed by atoms with van der Waals surface area (Å²) in [5.41, 5.74) is 1.12. The maximum atomic E-state index is 13.1. The minimum atomic E-state index is 0.0843. The molecule has 8 nitrogen and oxygen atoms in total. The summed E-state index contributed by atoms with van der Waals surface area (Å²) >= 11 is 1.45. The Hall–Kier alpha value is -2.29. The maximum Gasteiger partial charge on any atom is 0.233 e. The molecule has 1 saturated heterocycles. The Labute approximate surface area is 180 Å². The molecular weight excluding hydrogens is 402 g/mol. The molecule has 3 aliphatic rings. The Morgan fingerprint density at radius 3 is 2.77 bits per heavy atom. The number of amides is 1. The van der Waals surface area contributed by atoms with Gasteiger partial charge in [0.15, 0.2) is 11.5 Å². The number of carbonyl (C=O) groups excluding carboxylic acids is 1. The van der Waals surface area contributed by atoms with Crippen LogP contribution in [0.4, 0.5) is 0 Å². The second-order valence-corrected chi connectivity index (χ2v) is 9.08. The number of likely N-dealkylation sites (tertiary alicyclic amines) is 1. The third-order valence-corrected chi connectivity index (χ3v) is 7.11. The maximum absolute atomic E-state index is 13.1. The number of aromatic nitrogens is 4. The molecule has 5 rings (SSSR count). The van der Waals surface area contributed by atoms with Crippen LogP contribution >= 0.6 is 11.8 Å². The summed E-state index contributed by atoms with van der Waals surface area (Å²) in [6.45, 7) is 2.13. The van der Waals surface area contributed by atoms with Crippen molar-refractivity contribution in [3.05, 3.63) is 23.8 Å². The van der Waals surface area contributed by atoms with Crippen molar-refractivity contribution in [3.8, 4) is 11.5 Å². The Balaban J connectivity index is 1.26. The molecule has 1 saturated carbocycles. The fourth-order valence-corrected chi connectivity index (χ4v) is 5.50. The smallest absolute Gasteiger partial charge is 0.233 e. The van der Waals surface area contributed by atoms with Crippen molar-refractivity contribution >= 4 is 17.7 Å². The van der Waals surface area contributed by atoms with E-state index in [4.69, 9.17) is 9.47 Å². The van der Waals surface area contributed by atoms with Crippen molar-refractivity contribution in [3.63, 3.8) is 0 Å². The number of fused-ring (bicyclic) bond motifs is 1. The molecule has 160 valence electrons. The van der Waals surface area contributed by atoms with E-state index in [1.165, 1.54) is 24.6 Å². The number of hydrogen-bond acceptors (Lipinski definition) is 7. The van der Waals surface area contributed by atoms with Crippen molar-refractivity contribution in [1.82, 2.24) is 25.1 Å². The summed E-state index contributed by atoms with van der Waals surface area (Å²) in [5, 5.41) is 12.9. The molecule has 2 fully saturated rings. The average Bonchev–Trinajstić information content (AvgIpc) is 3.51. The lowest BCUT2D eigenvalue weighted by Gasteiger charge is -2.25. The molecule has 1 aromatic carbocycles. The van der Waals surface area contributed by atoms with E-state index in [0.717, 1.165) is 60.9 Å². The fourth-order valence-electron chi connectivity index (χ4n) is 4.67. The second-order valence-electron chi connectivity index (χ2n) is 8.13. The van der Waals surface area contributed by atoms with Gasteiger partial charge in [0.05, 0.1) is 31.1 Å². The molecule has 1 unspecified atom stereocenters. The molecule has 9 heteroatoms. The summed E-state index contributed by atoms with van der Waals surface area (Å²) in [6, 6.07) is 6.55. The second kappa shape index (κ2) is 8.83. The van der Waals surface area contributed by atoms with Gasteiger partial charge in [-0.2, -0.15) is 0 Å². The largest absolute Gasteiger partial charge is 0.490 e. The molecule has 0 spiro atoms. The highest BCUT2D eigenvalue weighted by molar-refractivity contribution is 7.99. The topological polar surface area (TPSA) is 82.4 Å². The Kier molecular flexibility index (Phi) is 5.79. The third kappa shape index (κ3) is 3.99. The lowest BCUT2D eigenvalue weighted by molar-refractivity contribution is -0.129. The van der Waals surface area contributed by atoms with Crippen LogP contribution in [-0.2, 0) is 4.79 Å². The molecule has 1 atom stereocenters. The first-order chi connectivity index (χ1) is 14.8. The summed E-state index contributed by atoms with van der Waals surface area (Å²) in [4.78, 5) is 15.1. The van der Waals surface area contributed by atoms with Crippen LogP contribution in [0.2, 0.25) is 0 Å². The van der Waals surface area contributed by atoms with Gasteiger partial charge in [0.25, 0.3) is 0 Å². The minimum absolute atomic E-state index is 0.0843. The van der Waals surface area contributed by atoms with E-state index in [2.05, 4.69) is 21.6 Å². The van der Waals surface area contributed by atoms with Crippen LogP contribution in [0.15, 0.2) is 23.4 Å². The van der Waals surface area contributed by atoms with Gasteiger partial charge in [-0.15, -0.1) is 5.10 Å². The van der Waals surface area contributed by atoms with Crippen molar-refractivity contribution in [2.24, 2.45) is 0 Å². The molecular formula is C21H27N5O3S. The number of ether oxygens (including phenoxy) is 2. The van der Waals surface area contributed by atoms with Crippen LogP contribution in [0.3, 0.4) is 0 Å². The Morgan fingerprint density at radius 2 is 1.90 bits per heavy atom. The van der Waals surface area contributed by atoms with E-state index in [9.17, 15) is 4.79 Å². The highest BCUT2D eigenvalue weighted by atomic mass is 32.2. The van der Waals surface area contributed by atoms with Crippen molar-refractivity contribution < 1.29 is 14.3 Å². The quantitative estimate of drug-likeness (QED) is 0.674. The number of benzene rings is 1. The van der Waals surface area contributed by atoms with Crippen LogP contribution in [0.25, 0.3) is 0 Å². The van der Waals surface area contributed by atoms with Crippen molar-refractivity contribution in [2.75, 3.05) is 25.5 Å². The number of nitrogens with zero attached hydrogens (tertiary/aromatic N) is 5. The van der Waals surface area contributed by atoms with Gasteiger partial charge in [-0.3, -0.25) is 4.79 Å². The highest BCUT2D eigenvalue weighted by Gasteiger charge is 2.31. The first kappa shape index (κ1) is 19.7. The van der Waals surface area contributed by atoms with Crippen LogP contribution in [0, 0.1) is 0 Å². The van der Waals surface area contributed by atoms with Crippen molar-refractivity contribution in [2.45, 2.75) is 62.2 Å². The predicted octanol–water partition coefficient (Wildman–Crippen LogP) is 3.41. The van der Waals surface area contributed by atoms with Crippen molar-refractivity contribution in [1.29, 1.82) is 0 Å². The van der Waals surface area contributed by atoms with Gasteiger partial charge in [-0.05, 0) is 53.8 Å². The number of hydrogen-bond donors (Lipinski definition) is 0. The van der Waals surface area contributed by atoms with Gasteiger partial charge in [0.2, 0.25) is 11.1 Å². The van der Waals surface area contributed by atoms with E-state index in [-0.39, 0.29) is 11.9 Å². The first-order valence-corrected chi connectivity index (χ1v) is 11.9. The first-order valence-electron chi connectivity index (χ1n) is 10.9. The predicted molar refractivity (Wildman–Crippen MR) is 112 cm³/mol. The molecule has 0 N–H and O–H groups in total.